The zero-order valence-corrected chi connectivity index (χ0v) is 8.90. The van der Waals surface area contributed by atoms with Gasteiger partial charge in [-0.05, 0) is 6.92 Å². The Morgan fingerprint density at radius 2 is 2.07 bits per heavy atom. The minimum absolute atomic E-state index is 0.112. The number of carbonyl (C=O) groups is 1. The van der Waals surface area contributed by atoms with Gasteiger partial charge >= 0.3 is 5.97 Å². The van der Waals surface area contributed by atoms with E-state index in [1.807, 2.05) is 0 Å². The van der Waals surface area contributed by atoms with Gasteiger partial charge in [0.15, 0.2) is 5.82 Å². The van der Waals surface area contributed by atoms with Crippen LogP contribution in [0.3, 0.4) is 0 Å². The van der Waals surface area contributed by atoms with Gasteiger partial charge in [0.1, 0.15) is 18.0 Å². The zero-order chi connectivity index (χ0) is 11.4. The molecule has 0 amide bonds. The van der Waals surface area contributed by atoms with E-state index in [9.17, 15) is 4.79 Å². The molecule has 1 rings (SSSR count). The van der Waals surface area contributed by atoms with E-state index in [0.717, 1.165) is 0 Å². The highest BCUT2D eigenvalue weighted by atomic mass is 16.5. The molecule has 6 nitrogen and oxygen atoms in total. The standard InChI is InChI=1S/C9H13N3O3/c1-5-7(9(13)15-3)8(10)12-6(11-5)4-14-2/h4H2,1-3H3,(H2,10,11,12). The molecule has 1 heterocycles. The highest BCUT2D eigenvalue weighted by Gasteiger charge is 2.16. The molecule has 0 saturated heterocycles. The Kier molecular flexibility index (Phi) is 3.56. The predicted molar refractivity (Wildman–Crippen MR) is 53.2 cm³/mol. The molecule has 0 aliphatic heterocycles. The molecule has 1 aromatic rings. The number of nitrogen functional groups attached to an aromatic ring is 1. The fourth-order valence-electron chi connectivity index (χ4n) is 1.20. The molecule has 0 unspecified atom stereocenters. The average Bonchev–Trinajstić information content (AvgIpc) is 2.16. The molecular weight excluding hydrogens is 198 g/mol. The molecule has 0 radical (unpaired) electrons. The molecular formula is C9H13N3O3. The van der Waals surface area contributed by atoms with Crippen LogP contribution in [0, 0.1) is 6.92 Å². The number of hydrogen-bond acceptors (Lipinski definition) is 6. The Morgan fingerprint density at radius 1 is 1.40 bits per heavy atom. The van der Waals surface area contributed by atoms with Crippen LogP contribution in [0.5, 0.6) is 0 Å². The van der Waals surface area contributed by atoms with E-state index in [0.29, 0.717) is 11.5 Å². The zero-order valence-electron chi connectivity index (χ0n) is 8.90. The number of nitrogens with zero attached hydrogens (tertiary/aromatic N) is 2. The lowest BCUT2D eigenvalue weighted by atomic mass is 10.2. The summed E-state index contributed by atoms with van der Waals surface area (Å²) in [5.74, 6) is 0.0236. The third-order valence-electron chi connectivity index (χ3n) is 1.83. The van der Waals surface area contributed by atoms with Gasteiger partial charge in [0.2, 0.25) is 0 Å². The van der Waals surface area contributed by atoms with Crippen LogP contribution in [0.1, 0.15) is 21.9 Å². The minimum Gasteiger partial charge on any atom is -0.465 e. The fourth-order valence-corrected chi connectivity index (χ4v) is 1.20. The fraction of sp³-hybridized carbons (Fsp3) is 0.444. The third kappa shape index (κ3) is 2.41. The van der Waals surface area contributed by atoms with Crippen LogP contribution in [0.25, 0.3) is 0 Å². The normalized spacial score (nSPS) is 10.1. The van der Waals surface area contributed by atoms with Crippen LogP contribution in [0.2, 0.25) is 0 Å². The number of hydrogen-bond donors (Lipinski definition) is 1. The van der Waals surface area contributed by atoms with E-state index < -0.39 is 5.97 Å². The monoisotopic (exact) mass is 211 g/mol. The summed E-state index contributed by atoms with van der Waals surface area (Å²) in [7, 11) is 2.81. The summed E-state index contributed by atoms with van der Waals surface area (Å²) in [6.07, 6.45) is 0. The first-order valence-corrected chi connectivity index (χ1v) is 4.30. The molecule has 0 aliphatic rings. The molecule has 1 aromatic heterocycles. The Hall–Kier alpha value is -1.69. The van der Waals surface area contributed by atoms with Crippen LogP contribution in [0.15, 0.2) is 0 Å². The van der Waals surface area contributed by atoms with Crippen LogP contribution < -0.4 is 5.73 Å². The van der Waals surface area contributed by atoms with Gasteiger partial charge in [0, 0.05) is 7.11 Å². The quantitative estimate of drug-likeness (QED) is 0.723. The number of aryl methyl sites for hydroxylation is 1. The highest BCUT2D eigenvalue weighted by Crippen LogP contribution is 2.14. The van der Waals surface area contributed by atoms with Crippen LogP contribution in [-0.2, 0) is 16.1 Å². The Morgan fingerprint density at radius 3 is 2.53 bits per heavy atom. The first-order chi connectivity index (χ1) is 7.10. The van der Waals surface area contributed by atoms with E-state index >= 15 is 0 Å². The van der Waals surface area contributed by atoms with Gasteiger partial charge in [0.25, 0.3) is 0 Å². The largest absolute Gasteiger partial charge is 0.465 e. The molecule has 0 aliphatic carbocycles. The van der Waals surface area contributed by atoms with Gasteiger partial charge in [-0.15, -0.1) is 0 Å². The van der Waals surface area contributed by atoms with Crippen molar-refractivity contribution in [3.8, 4) is 0 Å². The van der Waals surface area contributed by atoms with Gasteiger partial charge < -0.3 is 15.2 Å². The van der Waals surface area contributed by atoms with Crippen LogP contribution in [0.4, 0.5) is 5.82 Å². The molecule has 0 aromatic carbocycles. The van der Waals surface area contributed by atoms with Crippen molar-refractivity contribution in [2.75, 3.05) is 20.0 Å². The topological polar surface area (TPSA) is 87.3 Å². The van der Waals surface area contributed by atoms with Gasteiger partial charge in [0.05, 0.1) is 12.8 Å². The van der Waals surface area contributed by atoms with Gasteiger partial charge in [-0.1, -0.05) is 0 Å². The molecule has 0 spiro atoms. The second-order valence-corrected chi connectivity index (χ2v) is 2.91. The second kappa shape index (κ2) is 4.70. The summed E-state index contributed by atoms with van der Waals surface area (Å²) in [6.45, 7) is 1.93. The maximum atomic E-state index is 11.3. The van der Waals surface area contributed by atoms with Crippen molar-refractivity contribution in [1.29, 1.82) is 0 Å². The van der Waals surface area contributed by atoms with Crippen molar-refractivity contribution >= 4 is 11.8 Å². The lowest BCUT2D eigenvalue weighted by molar-refractivity contribution is 0.0600. The number of anilines is 1. The molecule has 82 valence electrons. The number of rotatable bonds is 3. The maximum absolute atomic E-state index is 11.3. The first-order valence-electron chi connectivity index (χ1n) is 4.30. The van der Waals surface area contributed by atoms with Crippen molar-refractivity contribution in [2.24, 2.45) is 0 Å². The first kappa shape index (κ1) is 11.4. The lowest BCUT2D eigenvalue weighted by Crippen LogP contribution is -2.13. The number of ether oxygens (including phenoxy) is 2. The van der Waals surface area contributed by atoms with Crippen LogP contribution >= 0.6 is 0 Å². The van der Waals surface area contributed by atoms with Gasteiger partial charge in [-0.3, -0.25) is 0 Å². The third-order valence-corrected chi connectivity index (χ3v) is 1.83. The average molecular weight is 211 g/mol. The smallest absolute Gasteiger partial charge is 0.343 e. The second-order valence-electron chi connectivity index (χ2n) is 2.91. The predicted octanol–water partition coefficient (Wildman–Crippen LogP) is 0.300. The van der Waals surface area contributed by atoms with Crippen molar-refractivity contribution in [1.82, 2.24) is 9.97 Å². The summed E-state index contributed by atoms with van der Waals surface area (Å²) in [4.78, 5) is 19.3. The van der Waals surface area contributed by atoms with E-state index in [2.05, 4.69) is 14.7 Å². The molecule has 15 heavy (non-hydrogen) atoms. The molecule has 0 fully saturated rings. The molecule has 0 bridgehead atoms. The van der Waals surface area contributed by atoms with Crippen molar-refractivity contribution < 1.29 is 14.3 Å². The summed E-state index contributed by atoms with van der Waals surface area (Å²) >= 11 is 0. The lowest BCUT2D eigenvalue weighted by Gasteiger charge is -2.07. The number of aromatic nitrogens is 2. The SMILES string of the molecule is COCc1nc(C)c(C(=O)OC)c(N)n1. The summed E-state index contributed by atoms with van der Waals surface area (Å²) in [5, 5.41) is 0. The number of nitrogens with two attached hydrogens (primary N) is 1. The molecule has 0 atom stereocenters. The Bertz CT molecular complexity index is 356. The summed E-state index contributed by atoms with van der Waals surface area (Å²) in [6, 6.07) is 0. The van der Waals surface area contributed by atoms with E-state index in [1.165, 1.54) is 14.2 Å². The van der Waals surface area contributed by atoms with Gasteiger partial charge in [-0.2, -0.15) is 0 Å². The van der Waals surface area contributed by atoms with Gasteiger partial charge in [-0.25, -0.2) is 14.8 Å². The van der Waals surface area contributed by atoms with Crippen LogP contribution in [-0.4, -0.2) is 30.2 Å². The Balaban J connectivity index is 3.15. The molecule has 2 N–H and O–H groups in total. The molecule has 6 heteroatoms. The van der Waals surface area contributed by atoms with Crippen molar-refractivity contribution in [3.05, 3.63) is 17.1 Å². The summed E-state index contributed by atoms with van der Waals surface area (Å²) in [5.41, 5.74) is 6.31. The van der Waals surface area contributed by atoms with E-state index in [4.69, 9.17) is 10.5 Å². The number of methoxy groups -OCH3 is 2. The van der Waals surface area contributed by atoms with E-state index in [1.54, 1.807) is 6.92 Å². The number of esters is 1. The van der Waals surface area contributed by atoms with Crippen molar-refractivity contribution in [2.45, 2.75) is 13.5 Å². The number of carbonyl (C=O) groups excluding carboxylic acids is 1. The maximum Gasteiger partial charge on any atom is 0.343 e. The Labute approximate surface area is 87.4 Å². The summed E-state index contributed by atoms with van der Waals surface area (Å²) < 4.78 is 9.44. The molecule has 0 saturated carbocycles. The minimum atomic E-state index is -0.533. The highest BCUT2D eigenvalue weighted by molar-refractivity contribution is 5.95. The van der Waals surface area contributed by atoms with Crippen molar-refractivity contribution in [3.63, 3.8) is 0 Å². The van der Waals surface area contributed by atoms with E-state index in [-0.39, 0.29) is 18.0 Å².